The third kappa shape index (κ3) is 7.42. The third-order valence-corrected chi connectivity index (χ3v) is 4.40. The normalized spacial score (nSPS) is 12.8. The number of hydrogen-bond acceptors (Lipinski definition) is 2. The lowest BCUT2D eigenvalue weighted by molar-refractivity contribution is 0.140. The van der Waals surface area contributed by atoms with E-state index in [4.69, 9.17) is 0 Å². The van der Waals surface area contributed by atoms with Gasteiger partial charge in [-0.2, -0.15) is 0 Å². The minimum Gasteiger partial charge on any atom is -0.388 e. The molecule has 0 aliphatic heterocycles. The van der Waals surface area contributed by atoms with E-state index in [9.17, 15) is 5.11 Å². The molecule has 1 unspecified atom stereocenters. The Labute approximate surface area is 137 Å². The van der Waals surface area contributed by atoms with Gasteiger partial charge in [-0.15, -0.1) is 0 Å². The Bertz CT molecular complexity index is 374. The van der Waals surface area contributed by atoms with E-state index in [1.807, 2.05) is 0 Å². The van der Waals surface area contributed by atoms with E-state index < -0.39 is 0 Å². The molecular weight excluding hydrogens is 270 g/mol. The zero-order chi connectivity index (χ0) is 16.2. The van der Waals surface area contributed by atoms with Gasteiger partial charge in [-0.1, -0.05) is 64.3 Å². The number of rotatable bonds is 12. The van der Waals surface area contributed by atoms with Crippen molar-refractivity contribution in [3.05, 3.63) is 35.4 Å². The standard InChI is InChI=1S/C20H35NO/c1-4-7-9-16-21(15-8-5-2)17-14-20(22)19-12-10-18(6-3)11-13-19/h10-13,20,22H,4-9,14-17H2,1-3H3. The van der Waals surface area contributed by atoms with Gasteiger partial charge in [0.1, 0.15) is 0 Å². The molecule has 1 aromatic rings. The minimum absolute atomic E-state index is 0.332. The summed E-state index contributed by atoms with van der Waals surface area (Å²) in [7, 11) is 0. The summed E-state index contributed by atoms with van der Waals surface area (Å²) in [6, 6.07) is 8.43. The maximum Gasteiger partial charge on any atom is 0.0802 e. The van der Waals surface area contributed by atoms with Crippen LogP contribution in [0.1, 0.15) is 76.5 Å². The SMILES string of the molecule is CCCCCN(CCCC)CCC(O)c1ccc(CC)cc1. The molecular formula is C20H35NO. The van der Waals surface area contributed by atoms with Gasteiger partial charge in [0.25, 0.3) is 0 Å². The molecule has 0 fully saturated rings. The molecule has 22 heavy (non-hydrogen) atoms. The predicted molar refractivity (Wildman–Crippen MR) is 96.3 cm³/mol. The Morgan fingerprint density at radius 3 is 2.09 bits per heavy atom. The van der Waals surface area contributed by atoms with Crippen LogP contribution in [0.25, 0.3) is 0 Å². The number of hydrogen-bond donors (Lipinski definition) is 1. The summed E-state index contributed by atoms with van der Waals surface area (Å²) in [5.74, 6) is 0. The van der Waals surface area contributed by atoms with E-state index >= 15 is 0 Å². The minimum atomic E-state index is -0.332. The monoisotopic (exact) mass is 305 g/mol. The van der Waals surface area contributed by atoms with E-state index in [0.717, 1.165) is 24.9 Å². The van der Waals surface area contributed by atoms with Gasteiger partial charge in [-0.3, -0.25) is 0 Å². The first-order chi connectivity index (χ1) is 10.7. The first-order valence-electron chi connectivity index (χ1n) is 9.20. The van der Waals surface area contributed by atoms with Gasteiger partial charge in [0.05, 0.1) is 6.10 Å². The van der Waals surface area contributed by atoms with Gasteiger partial charge >= 0.3 is 0 Å². The molecule has 0 aliphatic rings. The van der Waals surface area contributed by atoms with Crippen LogP contribution in [-0.2, 0) is 6.42 Å². The van der Waals surface area contributed by atoms with Gasteiger partial charge in [-0.25, -0.2) is 0 Å². The highest BCUT2D eigenvalue weighted by Crippen LogP contribution is 2.18. The summed E-state index contributed by atoms with van der Waals surface area (Å²) in [6.45, 7) is 10.00. The number of unbranched alkanes of at least 4 members (excludes halogenated alkanes) is 3. The van der Waals surface area contributed by atoms with Crippen molar-refractivity contribution in [2.45, 2.75) is 71.8 Å². The molecule has 0 bridgehead atoms. The number of aliphatic hydroxyl groups is 1. The fourth-order valence-electron chi connectivity index (χ4n) is 2.75. The van der Waals surface area contributed by atoms with Crippen LogP contribution < -0.4 is 0 Å². The smallest absolute Gasteiger partial charge is 0.0802 e. The van der Waals surface area contributed by atoms with Crippen molar-refractivity contribution in [1.82, 2.24) is 4.90 Å². The highest BCUT2D eigenvalue weighted by Gasteiger charge is 2.11. The van der Waals surface area contributed by atoms with E-state index in [1.165, 1.54) is 50.8 Å². The van der Waals surface area contributed by atoms with Crippen LogP contribution in [0.15, 0.2) is 24.3 Å². The second kappa shape index (κ2) is 11.7. The largest absolute Gasteiger partial charge is 0.388 e. The molecule has 0 radical (unpaired) electrons. The van der Waals surface area contributed by atoms with Gasteiger partial charge in [0.2, 0.25) is 0 Å². The molecule has 0 aromatic heterocycles. The highest BCUT2D eigenvalue weighted by molar-refractivity contribution is 5.24. The summed E-state index contributed by atoms with van der Waals surface area (Å²) in [5.41, 5.74) is 2.39. The lowest BCUT2D eigenvalue weighted by Gasteiger charge is -2.23. The first-order valence-corrected chi connectivity index (χ1v) is 9.20. The summed E-state index contributed by atoms with van der Waals surface area (Å²) in [5, 5.41) is 10.4. The molecule has 1 N–H and O–H groups in total. The molecule has 0 amide bonds. The molecule has 2 heteroatoms. The summed E-state index contributed by atoms with van der Waals surface area (Å²) < 4.78 is 0. The fraction of sp³-hybridized carbons (Fsp3) is 0.700. The lowest BCUT2D eigenvalue weighted by Crippen LogP contribution is -2.28. The molecule has 1 rings (SSSR count). The summed E-state index contributed by atoms with van der Waals surface area (Å²) >= 11 is 0. The van der Waals surface area contributed by atoms with Crippen molar-refractivity contribution in [2.75, 3.05) is 19.6 Å². The van der Waals surface area contributed by atoms with Gasteiger partial charge in [0.15, 0.2) is 0 Å². The van der Waals surface area contributed by atoms with Gasteiger partial charge in [0, 0.05) is 6.54 Å². The van der Waals surface area contributed by atoms with Crippen LogP contribution in [0.5, 0.6) is 0 Å². The molecule has 1 aromatic carbocycles. The molecule has 0 spiro atoms. The Balaban J connectivity index is 2.43. The molecule has 0 saturated carbocycles. The zero-order valence-electron chi connectivity index (χ0n) is 14.9. The Morgan fingerprint density at radius 1 is 0.864 bits per heavy atom. The highest BCUT2D eigenvalue weighted by atomic mass is 16.3. The van der Waals surface area contributed by atoms with Crippen LogP contribution >= 0.6 is 0 Å². The summed E-state index contributed by atoms with van der Waals surface area (Å²) in [4.78, 5) is 2.53. The lowest BCUT2D eigenvalue weighted by atomic mass is 10.0. The van der Waals surface area contributed by atoms with E-state index in [0.29, 0.717) is 0 Å². The van der Waals surface area contributed by atoms with Crippen molar-refractivity contribution in [1.29, 1.82) is 0 Å². The Hall–Kier alpha value is -0.860. The first kappa shape index (κ1) is 19.2. The quantitative estimate of drug-likeness (QED) is 0.551. The number of benzene rings is 1. The second-order valence-electron chi connectivity index (χ2n) is 6.30. The van der Waals surface area contributed by atoms with Crippen molar-refractivity contribution >= 4 is 0 Å². The van der Waals surface area contributed by atoms with Crippen molar-refractivity contribution in [2.24, 2.45) is 0 Å². The van der Waals surface area contributed by atoms with Crippen molar-refractivity contribution in [3.63, 3.8) is 0 Å². The van der Waals surface area contributed by atoms with Crippen LogP contribution in [0.3, 0.4) is 0 Å². The number of aliphatic hydroxyl groups excluding tert-OH is 1. The fourth-order valence-corrected chi connectivity index (χ4v) is 2.75. The second-order valence-corrected chi connectivity index (χ2v) is 6.30. The topological polar surface area (TPSA) is 23.5 Å². The number of aryl methyl sites for hydroxylation is 1. The van der Waals surface area contributed by atoms with Gasteiger partial charge in [-0.05, 0) is 49.9 Å². The molecule has 126 valence electrons. The Morgan fingerprint density at radius 2 is 1.50 bits per heavy atom. The maximum atomic E-state index is 10.4. The third-order valence-electron chi connectivity index (χ3n) is 4.40. The van der Waals surface area contributed by atoms with E-state index in [1.54, 1.807) is 0 Å². The molecule has 2 nitrogen and oxygen atoms in total. The van der Waals surface area contributed by atoms with Crippen molar-refractivity contribution in [3.8, 4) is 0 Å². The van der Waals surface area contributed by atoms with E-state index in [2.05, 4.69) is 49.9 Å². The molecule has 0 heterocycles. The summed E-state index contributed by atoms with van der Waals surface area (Å²) in [6.07, 6.45) is 7.92. The average molecular weight is 306 g/mol. The van der Waals surface area contributed by atoms with Crippen LogP contribution in [0.2, 0.25) is 0 Å². The zero-order valence-corrected chi connectivity index (χ0v) is 14.9. The maximum absolute atomic E-state index is 10.4. The number of nitrogens with zero attached hydrogens (tertiary/aromatic N) is 1. The van der Waals surface area contributed by atoms with E-state index in [-0.39, 0.29) is 6.10 Å². The van der Waals surface area contributed by atoms with Crippen LogP contribution in [0.4, 0.5) is 0 Å². The van der Waals surface area contributed by atoms with Crippen molar-refractivity contribution < 1.29 is 5.11 Å². The average Bonchev–Trinajstić information content (AvgIpc) is 2.56. The molecule has 0 aliphatic carbocycles. The predicted octanol–water partition coefficient (Wildman–Crippen LogP) is 4.96. The van der Waals surface area contributed by atoms with Crippen LogP contribution in [-0.4, -0.2) is 29.6 Å². The van der Waals surface area contributed by atoms with Gasteiger partial charge < -0.3 is 10.0 Å². The molecule has 0 saturated heterocycles. The van der Waals surface area contributed by atoms with Crippen LogP contribution in [0, 0.1) is 0 Å². The Kier molecular flexibility index (Phi) is 10.2. The molecule has 1 atom stereocenters.